The largest absolute Gasteiger partial charge is 0.497 e. The first-order valence-electron chi connectivity index (χ1n) is 7.89. The average molecular weight is 439 g/mol. The quantitative estimate of drug-likeness (QED) is 0.534. The highest BCUT2D eigenvalue weighted by Gasteiger charge is 2.40. The van der Waals surface area contributed by atoms with Gasteiger partial charge in [0, 0.05) is 12.5 Å². The zero-order chi connectivity index (χ0) is 19.1. The molecule has 1 saturated heterocycles. The first-order chi connectivity index (χ1) is 13.0. The van der Waals surface area contributed by atoms with E-state index < -0.39 is 5.25 Å². The van der Waals surface area contributed by atoms with Crippen LogP contribution in [0.2, 0.25) is 10.0 Å². The van der Waals surface area contributed by atoms with Gasteiger partial charge >= 0.3 is 0 Å². The predicted molar refractivity (Wildman–Crippen MR) is 109 cm³/mol. The van der Waals surface area contributed by atoms with Crippen LogP contribution in [0.5, 0.6) is 5.75 Å². The molecule has 2 amide bonds. The molecule has 1 atom stereocenters. The summed E-state index contributed by atoms with van der Waals surface area (Å²) in [5.41, 5.74) is 1.23. The average Bonchev–Trinajstić information content (AvgIpc) is 3.17. The van der Waals surface area contributed by atoms with E-state index in [4.69, 9.17) is 27.9 Å². The molecule has 1 unspecified atom stereocenters. The first-order valence-corrected chi connectivity index (χ1v) is 10.3. The lowest BCUT2D eigenvalue weighted by atomic mass is 10.3. The zero-order valence-electron chi connectivity index (χ0n) is 13.9. The molecule has 2 heterocycles. The molecule has 1 aromatic heterocycles. The lowest BCUT2D eigenvalue weighted by Crippen LogP contribution is -2.31. The predicted octanol–water partition coefficient (Wildman–Crippen LogP) is 5.04. The van der Waals surface area contributed by atoms with E-state index in [0.717, 1.165) is 25.2 Å². The summed E-state index contributed by atoms with van der Waals surface area (Å²) in [7, 11) is 1.60. The van der Waals surface area contributed by atoms with E-state index in [0.29, 0.717) is 15.7 Å². The lowest BCUT2D eigenvalue weighted by molar-refractivity contribution is -0.121. The first kappa shape index (κ1) is 18.6. The summed E-state index contributed by atoms with van der Waals surface area (Å²) in [5, 5.41) is 0.149. The fourth-order valence-corrected chi connectivity index (χ4v) is 5.38. The molecule has 9 heteroatoms. The summed E-state index contributed by atoms with van der Waals surface area (Å²) in [6, 6.07) is 10.4. The number of imide groups is 1. The van der Waals surface area contributed by atoms with Crippen molar-refractivity contribution in [1.82, 2.24) is 4.98 Å². The van der Waals surface area contributed by atoms with Crippen LogP contribution in [0.25, 0.3) is 10.2 Å². The van der Waals surface area contributed by atoms with Crippen LogP contribution in [0, 0.1) is 0 Å². The molecule has 2 aromatic carbocycles. The third-order valence-electron chi connectivity index (χ3n) is 4.08. The van der Waals surface area contributed by atoms with Gasteiger partial charge in [-0.15, -0.1) is 11.3 Å². The van der Waals surface area contributed by atoms with Gasteiger partial charge in [-0.25, -0.2) is 9.88 Å². The Morgan fingerprint density at radius 3 is 2.74 bits per heavy atom. The molecule has 0 bridgehead atoms. The second-order valence-electron chi connectivity index (χ2n) is 5.79. The molecule has 0 N–H and O–H groups in total. The zero-order valence-corrected chi connectivity index (χ0v) is 17.1. The SMILES string of the molecule is COc1ccc2sc(SC3CC(=O)N(c4ccc(Cl)c(Cl)c4)C3=O)nc2c1. The number of carbonyl (C=O) groups excluding carboxylic acids is 2. The van der Waals surface area contributed by atoms with Gasteiger partial charge in [-0.1, -0.05) is 35.0 Å². The second kappa shape index (κ2) is 7.31. The number of aromatic nitrogens is 1. The van der Waals surface area contributed by atoms with Crippen molar-refractivity contribution in [3.8, 4) is 5.75 Å². The maximum Gasteiger partial charge on any atom is 0.247 e. The Hall–Kier alpha value is -1.80. The molecule has 0 radical (unpaired) electrons. The maximum atomic E-state index is 12.8. The summed E-state index contributed by atoms with van der Waals surface area (Å²) in [6.07, 6.45) is 0.114. The number of halogens is 2. The summed E-state index contributed by atoms with van der Waals surface area (Å²) < 4.78 is 6.94. The standard InChI is InChI=1S/C18H12Cl2N2O3S2/c1-25-10-3-5-14-13(7-10)21-18(26-14)27-15-8-16(23)22(17(15)24)9-2-4-11(19)12(20)6-9/h2-7,15H,8H2,1H3. The molecule has 1 aliphatic rings. The minimum Gasteiger partial charge on any atom is -0.497 e. The minimum atomic E-state index is -0.519. The Morgan fingerprint density at radius 2 is 2.00 bits per heavy atom. The molecule has 0 aliphatic carbocycles. The van der Waals surface area contributed by atoms with Gasteiger partial charge in [-0.3, -0.25) is 9.59 Å². The molecule has 5 nitrogen and oxygen atoms in total. The van der Waals surface area contributed by atoms with Gasteiger partial charge in [0.2, 0.25) is 11.8 Å². The van der Waals surface area contributed by atoms with E-state index in [1.165, 1.54) is 29.2 Å². The van der Waals surface area contributed by atoms with Crippen molar-refractivity contribution in [3.05, 3.63) is 46.4 Å². The molecule has 0 saturated carbocycles. The number of benzene rings is 2. The van der Waals surface area contributed by atoms with Crippen molar-refractivity contribution in [3.63, 3.8) is 0 Å². The van der Waals surface area contributed by atoms with Crippen molar-refractivity contribution < 1.29 is 14.3 Å². The molecule has 1 fully saturated rings. The van der Waals surface area contributed by atoms with Crippen LogP contribution in [-0.4, -0.2) is 29.2 Å². The van der Waals surface area contributed by atoms with E-state index in [1.807, 2.05) is 18.2 Å². The monoisotopic (exact) mass is 438 g/mol. The summed E-state index contributed by atoms with van der Waals surface area (Å²) in [4.78, 5) is 30.9. The molecule has 3 aromatic rings. The number of thioether (sulfide) groups is 1. The van der Waals surface area contributed by atoms with Crippen LogP contribution in [0.1, 0.15) is 6.42 Å². The molecule has 1 aliphatic heterocycles. The number of rotatable bonds is 4. The third-order valence-corrected chi connectivity index (χ3v) is 7.14. The number of fused-ring (bicyclic) bond motifs is 1. The number of carbonyl (C=O) groups is 2. The highest BCUT2D eigenvalue weighted by atomic mass is 35.5. The summed E-state index contributed by atoms with van der Waals surface area (Å²) >= 11 is 14.7. The van der Waals surface area contributed by atoms with Crippen molar-refractivity contribution >= 4 is 74.0 Å². The molecule has 4 rings (SSSR count). The van der Waals surface area contributed by atoms with Crippen LogP contribution in [-0.2, 0) is 9.59 Å². The Balaban J connectivity index is 1.57. The smallest absolute Gasteiger partial charge is 0.247 e. The van der Waals surface area contributed by atoms with E-state index in [-0.39, 0.29) is 18.2 Å². The molecule has 0 spiro atoms. The Bertz CT molecular complexity index is 1070. The van der Waals surface area contributed by atoms with Crippen LogP contribution >= 0.6 is 46.3 Å². The van der Waals surface area contributed by atoms with Crippen molar-refractivity contribution in [2.45, 2.75) is 16.0 Å². The molecular formula is C18H12Cl2N2O3S2. The van der Waals surface area contributed by atoms with E-state index >= 15 is 0 Å². The van der Waals surface area contributed by atoms with Crippen LogP contribution in [0.4, 0.5) is 5.69 Å². The van der Waals surface area contributed by atoms with Gasteiger partial charge in [0.1, 0.15) is 11.0 Å². The van der Waals surface area contributed by atoms with E-state index in [1.54, 1.807) is 19.2 Å². The molecular weight excluding hydrogens is 427 g/mol. The van der Waals surface area contributed by atoms with E-state index in [2.05, 4.69) is 4.98 Å². The van der Waals surface area contributed by atoms with Gasteiger partial charge in [0.15, 0.2) is 4.34 Å². The van der Waals surface area contributed by atoms with Crippen molar-refractivity contribution in [1.29, 1.82) is 0 Å². The number of nitrogens with zero attached hydrogens (tertiary/aromatic N) is 2. The van der Waals surface area contributed by atoms with Gasteiger partial charge in [0.25, 0.3) is 0 Å². The number of methoxy groups -OCH3 is 1. The van der Waals surface area contributed by atoms with Gasteiger partial charge in [-0.2, -0.15) is 0 Å². The number of hydrogen-bond acceptors (Lipinski definition) is 6. The van der Waals surface area contributed by atoms with Gasteiger partial charge in [0.05, 0.1) is 33.1 Å². The number of amides is 2. The van der Waals surface area contributed by atoms with Crippen LogP contribution in [0.15, 0.2) is 40.7 Å². The Labute approximate surface area is 173 Å². The Morgan fingerprint density at radius 1 is 1.19 bits per heavy atom. The van der Waals surface area contributed by atoms with Crippen LogP contribution < -0.4 is 9.64 Å². The maximum absolute atomic E-state index is 12.8. The number of anilines is 1. The lowest BCUT2D eigenvalue weighted by Gasteiger charge is -2.15. The van der Waals surface area contributed by atoms with Gasteiger partial charge < -0.3 is 4.74 Å². The van der Waals surface area contributed by atoms with Crippen molar-refractivity contribution in [2.24, 2.45) is 0 Å². The number of hydrogen-bond donors (Lipinski definition) is 0. The Kier molecular flexibility index (Phi) is 5.03. The normalized spacial score (nSPS) is 17.1. The third kappa shape index (κ3) is 3.52. The fourth-order valence-electron chi connectivity index (χ4n) is 2.78. The minimum absolute atomic E-state index is 0.114. The van der Waals surface area contributed by atoms with Gasteiger partial charge in [-0.05, 0) is 30.3 Å². The topological polar surface area (TPSA) is 59.5 Å². The highest BCUT2D eigenvalue weighted by molar-refractivity contribution is 8.02. The van der Waals surface area contributed by atoms with Crippen molar-refractivity contribution in [2.75, 3.05) is 12.0 Å². The highest BCUT2D eigenvalue weighted by Crippen LogP contribution is 2.39. The molecule has 27 heavy (non-hydrogen) atoms. The number of thiazole rings is 1. The number of ether oxygens (including phenoxy) is 1. The summed E-state index contributed by atoms with van der Waals surface area (Å²) in [5.74, 6) is 0.182. The van der Waals surface area contributed by atoms with Crippen LogP contribution in [0.3, 0.4) is 0 Å². The fraction of sp³-hybridized carbons (Fsp3) is 0.167. The second-order valence-corrected chi connectivity index (χ2v) is 9.08. The molecule has 138 valence electrons. The summed E-state index contributed by atoms with van der Waals surface area (Å²) in [6.45, 7) is 0. The van der Waals surface area contributed by atoms with E-state index in [9.17, 15) is 9.59 Å².